The second-order valence-corrected chi connectivity index (χ2v) is 5.46. The number of hydrogen-bond acceptors (Lipinski definition) is 4. The molecule has 0 radical (unpaired) electrons. The van der Waals surface area contributed by atoms with E-state index in [-0.39, 0.29) is 12.5 Å². The Morgan fingerprint density at radius 3 is 2.50 bits per heavy atom. The molecular formula is C19H18N2O3. The number of nitrogens with one attached hydrogen (secondary N) is 1. The number of hydrogen-bond donors (Lipinski definition) is 1. The van der Waals surface area contributed by atoms with E-state index in [1.165, 1.54) is 0 Å². The van der Waals surface area contributed by atoms with Crippen molar-refractivity contribution in [2.45, 2.75) is 13.5 Å². The third-order valence-electron chi connectivity index (χ3n) is 3.68. The fraction of sp³-hybridized carbons (Fsp3) is 0.158. The van der Waals surface area contributed by atoms with E-state index in [0.717, 1.165) is 22.6 Å². The van der Waals surface area contributed by atoms with E-state index in [9.17, 15) is 4.79 Å². The molecule has 0 unspecified atom stereocenters. The minimum Gasteiger partial charge on any atom is -0.497 e. The molecule has 1 amide bonds. The van der Waals surface area contributed by atoms with Crippen molar-refractivity contribution in [3.05, 3.63) is 71.5 Å². The lowest BCUT2D eigenvalue weighted by Crippen LogP contribution is -2.22. The summed E-state index contributed by atoms with van der Waals surface area (Å²) < 4.78 is 10.4. The van der Waals surface area contributed by atoms with Gasteiger partial charge in [-0.25, -0.2) is 0 Å². The summed E-state index contributed by atoms with van der Waals surface area (Å²) >= 11 is 0. The lowest BCUT2D eigenvalue weighted by molar-refractivity contribution is 0.0947. The summed E-state index contributed by atoms with van der Waals surface area (Å²) in [4.78, 5) is 12.1. The van der Waals surface area contributed by atoms with E-state index in [1.54, 1.807) is 19.2 Å². The van der Waals surface area contributed by atoms with Crippen molar-refractivity contribution in [3.63, 3.8) is 0 Å². The minimum absolute atomic E-state index is 0.141. The van der Waals surface area contributed by atoms with Gasteiger partial charge < -0.3 is 14.6 Å². The van der Waals surface area contributed by atoms with Gasteiger partial charge in [-0.15, -0.1) is 0 Å². The average molecular weight is 322 g/mol. The first-order chi connectivity index (χ1) is 11.7. The predicted octanol–water partition coefficient (Wildman–Crippen LogP) is 3.59. The van der Waals surface area contributed by atoms with Crippen LogP contribution in [0.1, 0.15) is 21.7 Å². The first-order valence-electron chi connectivity index (χ1n) is 7.60. The second kappa shape index (κ2) is 7.00. The maximum atomic E-state index is 12.1. The molecule has 0 fully saturated rings. The Balaban J connectivity index is 1.63. The first kappa shape index (κ1) is 15.8. The van der Waals surface area contributed by atoms with Gasteiger partial charge in [0, 0.05) is 17.2 Å². The van der Waals surface area contributed by atoms with Crippen molar-refractivity contribution in [2.75, 3.05) is 7.11 Å². The second-order valence-electron chi connectivity index (χ2n) is 5.46. The van der Waals surface area contributed by atoms with E-state index in [1.807, 2.05) is 49.4 Å². The summed E-state index contributed by atoms with van der Waals surface area (Å²) in [6.45, 7) is 2.27. The molecule has 0 bridgehead atoms. The number of aromatic nitrogens is 1. The SMILES string of the molecule is COc1ccc(-c2cc(CNC(=O)c3ccc(C)cc3)on2)cc1. The molecule has 2 aromatic carbocycles. The molecule has 0 aliphatic heterocycles. The first-order valence-corrected chi connectivity index (χ1v) is 7.60. The summed E-state index contributed by atoms with van der Waals surface area (Å²) in [6, 6.07) is 16.8. The number of rotatable bonds is 5. The zero-order valence-corrected chi connectivity index (χ0v) is 13.6. The maximum Gasteiger partial charge on any atom is 0.251 e. The quantitative estimate of drug-likeness (QED) is 0.779. The molecule has 1 N–H and O–H groups in total. The van der Waals surface area contributed by atoms with Crippen molar-refractivity contribution in [1.29, 1.82) is 0 Å². The highest BCUT2D eigenvalue weighted by Gasteiger charge is 2.09. The summed E-state index contributed by atoms with van der Waals surface area (Å²) in [7, 11) is 1.62. The molecule has 3 aromatic rings. The van der Waals surface area contributed by atoms with Gasteiger partial charge in [-0.3, -0.25) is 4.79 Å². The molecule has 0 atom stereocenters. The average Bonchev–Trinajstić information content (AvgIpc) is 3.09. The fourth-order valence-electron chi connectivity index (χ4n) is 2.27. The van der Waals surface area contributed by atoms with E-state index in [4.69, 9.17) is 9.26 Å². The van der Waals surface area contributed by atoms with Gasteiger partial charge >= 0.3 is 0 Å². The Hall–Kier alpha value is -3.08. The highest BCUT2D eigenvalue weighted by Crippen LogP contribution is 2.22. The van der Waals surface area contributed by atoms with Gasteiger partial charge in [-0.05, 0) is 43.3 Å². The smallest absolute Gasteiger partial charge is 0.251 e. The Labute approximate surface area is 140 Å². The van der Waals surface area contributed by atoms with Gasteiger partial charge in [-0.2, -0.15) is 0 Å². The topological polar surface area (TPSA) is 64.4 Å². The standard InChI is InChI=1S/C19H18N2O3/c1-13-3-5-15(6-4-13)19(22)20-12-17-11-18(21-24-17)14-7-9-16(23-2)10-8-14/h3-11H,12H2,1-2H3,(H,20,22). The van der Waals surface area contributed by atoms with Crippen molar-refractivity contribution >= 4 is 5.91 Å². The number of aryl methyl sites for hydroxylation is 1. The van der Waals surface area contributed by atoms with Crippen molar-refractivity contribution in [2.24, 2.45) is 0 Å². The highest BCUT2D eigenvalue weighted by atomic mass is 16.5. The molecule has 122 valence electrons. The lowest BCUT2D eigenvalue weighted by Gasteiger charge is -2.03. The summed E-state index contributed by atoms with van der Waals surface area (Å²) in [5.74, 6) is 1.24. The van der Waals surface area contributed by atoms with E-state index < -0.39 is 0 Å². The molecule has 0 spiro atoms. The van der Waals surface area contributed by atoms with E-state index >= 15 is 0 Å². The monoisotopic (exact) mass is 322 g/mol. The molecule has 0 saturated carbocycles. The molecule has 0 aliphatic carbocycles. The van der Waals surface area contributed by atoms with E-state index in [2.05, 4.69) is 10.5 Å². The normalized spacial score (nSPS) is 10.4. The highest BCUT2D eigenvalue weighted by molar-refractivity contribution is 5.94. The third kappa shape index (κ3) is 3.63. The Morgan fingerprint density at radius 1 is 1.12 bits per heavy atom. The molecule has 1 aromatic heterocycles. The largest absolute Gasteiger partial charge is 0.497 e. The van der Waals surface area contributed by atoms with Crippen LogP contribution in [0.5, 0.6) is 5.75 Å². The summed E-state index contributed by atoms with van der Waals surface area (Å²) in [5, 5.41) is 6.86. The molecule has 3 rings (SSSR count). The van der Waals surface area contributed by atoms with Crippen LogP contribution < -0.4 is 10.1 Å². The number of amides is 1. The molecule has 1 heterocycles. The van der Waals surface area contributed by atoms with E-state index in [0.29, 0.717) is 11.3 Å². The Morgan fingerprint density at radius 2 is 1.83 bits per heavy atom. The zero-order valence-electron chi connectivity index (χ0n) is 13.6. The van der Waals surface area contributed by atoms with Crippen LogP contribution in [0.4, 0.5) is 0 Å². The van der Waals surface area contributed by atoms with Crippen LogP contribution in [0, 0.1) is 6.92 Å². The number of nitrogens with zero attached hydrogens (tertiary/aromatic N) is 1. The van der Waals surface area contributed by atoms with Gasteiger partial charge in [0.15, 0.2) is 5.76 Å². The number of carbonyl (C=O) groups excluding carboxylic acids is 1. The van der Waals surface area contributed by atoms with Crippen LogP contribution in [0.25, 0.3) is 11.3 Å². The van der Waals surface area contributed by atoms with Gasteiger partial charge in [0.1, 0.15) is 11.4 Å². The Bertz CT molecular complexity index is 821. The number of carbonyl (C=O) groups is 1. The van der Waals surface area contributed by atoms with Crippen LogP contribution in [0.2, 0.25) is 0 Å². The molecule has 0 aliphatic rings. The number of methoxy groups -OCH3 is 1. The molecule has 5 nitrogen and oxygen atoms in total. The van der Waals surface area contributed by atoms with Crippen molar-refractivity contribution < 1.29 is 14.1 Å². The van der Waals surface area contributed by atoms with Crippen LogP contribution in [-0.2, 0) is 6.54 Å². The summed E-state index contributed by atoms with van der Waals surface area (Å²) in [5.41, 5.74) is 3.38. The number of benzene rings is 2. The van der Waals surface area contributed by atoms with Crippen molar-refractivity contribution in [3.8, 4) is 17.0 Å². The van der Waals surface area contributed by atoms with Gasteiger partial charge in [0.2, 0.25) is 0 Å². The van der Waals surface area contributed by atoms with Crippen molar-refractivity contribution in [1.82, 2.24) is 10.5 Å². The predicted molar refractivity (Wildman–Crippen MR) is 90.8 cm³/mol. The van der Waals surface area contributed by atoms with Crippen LogP contribution in [0.3, 0.4) is 0 Å². The van der Waals surface area contributed by atoms with Crippen LogP contribution >= 0.6 is 0 Å². The third-order valence-corrected chi connectivity index (χ3v) is 3.68. The minimum atomic E-state index is -0.141. The van der Waals surface area contributed by atoms with Gasteiger partial charge in [-0.1, -0.05) is 22.9 Å². The fourth-order valence-corrected chi connectivity index (χ4v) is 2.27. The van der Waals surface area contributed by atoms with Crippen LogP contribution in [-0.4, -0.2) is 18.2 Å². The lowest BCUT2D eigenvalue weighted by atomic mass is 10.1. The molecular weight excluding hydrogens is 304 g/mol. The molecule has 0 saturated heterocycles. The summed E-state index contributed by atoms with van der Waals surface area (Å²) in [6.07, 6.45) is 0. The Kier molecular flexibility index (Phi) is 4.61. The van der Waals surface area contributed by atoms with Crippen LogP contribution in [0.15, 0.2) is 59.1 Å². The zero-order chi connectivity index (χ0) is 16.9. The van der Waals surface area contributed by atoms with Gasteiger partial charge in [0.25, 0.3) is 5.91 Å². The maximum absolute atomic E-state index is 12.1. The molecule has 24 heavy (non-hydrogen) atoms. The molecule has 5 heteroatoms. The van der Waals surface area contributed by atoms with Gasteiger partial charge in [0.05, 0.1) is 13.7 Å². The number of ether oxygens (including phenoxy) is 1.